The fraction of sp³-hybridized carbons (Fsp3) is 0.929. The summed E-state index contributed by atoms with van der Waals surface area (Å²) < 4.78 is 0. The number of halogens is 1. The van der Waals surface area contributed by atoms with Crippen molar-refractivity contribution in [3.8, 4) is 0 Å². The van der Waals surface area contributed by atoms with Crippen LogP contribution in [0.25, 0.3) is 0 Å². The number of hydrogen-bond donors (Lipinski definition) is 1. The van der Waals surface area contributed by atoms with E-state index in [1.54, 1.807) is 0 Å². The lowest BCUT2D eigenvalue weighted by molar-refractivity contribution is -0.136. The van der Waals surface area contributed by atoms with Crippen LogP contribution >= 0.6 is 12.4 Å². The number of carbonyl (C=O) groups excluding carboxylic acids is 1. The minimum atomic E-state index is 0. The molecule has 1 unspecified atom stereocenters. The zero-order valence-electron chi connectivity index (χ0n) is 11.4. The van der Waals surface area contributed by atoms with Gasteiger partial charge < -0.3 is 10.6 Å². The van der Waals surface area contributed by atoms with Gasteiger partial charge in [0.25, 0.3) is 0 Å². The Morgan fingerprint density at radius 3 is 2.61 bits per heavy atom. The van der Waals surface area contributed by atoms with E-state index >= 15 is 0 Å². The minimum Gasteiger partial charge on any atom is -0.340 e. The first kappa shape index (κ1) is 15.8. The number of nitrogens with zero attached hydrogens (tertiary/aromatic N) is 1. The molecule has 1 heterocycles. The molecule has 0 aromatic heterocycles. The quantitative estimate of drug-likeness (QED) is 0.860. The second-order valence-corrected chi connectivity index (χ2v) is 5.70. The van der Waals surface area contributed by atoms with Crippen LogP contribution in [0.2, 0.25) is 0 Å². The summed E-state index contributed by atoms with van der Waals surface area (Å²) >= 11 is 0. The molecule has 18 heavy (non-hydrogen) atoms. The average molecular weight is 275 g/mol. The number of nitrogens with two attached hydrogens (primary N) is 1. The lowest BCUT2D eigenvalue weighted by Gasteiger charge is -2.36. The summed E-state index contributed by atoms with van der Waals surface area (Å²) in [5.74, 6) is 0.806. The smallest absolute Gasteiger partial charge is 0.223 e. The zero-order valence-corrected chi connectivity index (χ0v) is 12.3. The molecule has 1 aliphatic carbocycles. The summed E-state index contributed by atoms with van der Waals surface area (Å²) in [4.78, 5) is 14.5. The largest absolute Gasteiger partial charge is 0.340 e. The third kappa shape index (κ3) is 3.61. The van der Waals surface area contributed by atoms with Crippen LogP contribution < -0.4 is 5.73 Å². The fourth-order valence-corrected chi connectivity index (χ4v) is 3.41. The maximum atomic E-state index is 12.3. The highest BCUT2D eigenvalue weighted by Crippen LogP contribution is 2.29. The van der Waals surface area contributed by atoms with Crippen molar-refractivity contribution in [1.29, 1.82) is 0 Å². The fourth-order valence-electron chi connectivity index (χ4n) is 3.41. The van der Waals surface area contributed by atoms with Crippen LogP contribution in [0.3, 0.4) is 0 Å². The molecule has 2 aliphatic rings. The number of carbonyl (C=O) groups is 1. The molecule has 106 valence electrons. The van der Waals surface area contributed by atoms with Crippen LogP contribution in [0.4, 0.5) is 0 Å². The van der Waals surface area contributed by atoms with Crippen molar-refractivity contribution in [2.45, 2.75) is 70.4 Å². The third-order valence-corrected chi connectivity index (χ3v) is 4.57. The van der Waals surface area contributed by atoms with Crippen molar-refractivity contribution >= 4 is 18.3 Å². The van der Waals surface area contributed by atoms with E-state index in [-0.39, 0.29) is 18.4 Å². The van der Waals surface area contributed by atoms with Crippen molar-refractivity contribution < 1.29 is 4.79 Å². The molecule has 1 saturated heterocycles. The maximum absolute atomic E-state index is 12.3. The lowest BCUT2D eigenvalue weighted by atomic mass is 9.95. The summed E-state index contributed by atoms with van der Waals surface area (Å²) in [6.07, 6.45) is 8.91. The van der Waals surface area contributed by atoms with Crippen LogP contribution in [0, 0.1) is 5.92 Å². The Labute approximate surface area is 117 Å². The van der Waals surface area contributed by atoms with Gasteiger partial charge in [0.2, 0.25) is 5.91 Å². The highest BCUT2D eigenvalue weighted by Gasteiger charge is 2.31. The molecule has 3 atom stereocenters. The Bertz CT molecular complexity index is 273. The monoisotopic (exact) mass is 274 g/mol. The molecule has 0 aromatic rings. The predicted molar refractivity (Wildman–Crippen MR) is 76.8 cm³/mol. The van der Waals surface area contributed by atoms with Crippen LogP contribution in [0.1, 0.15) is 58.3 Å². The molecule has 2 rings (SSSR count). The van der Waals surface area contributed by atoms with Crippen LogP contribution in [-0.2, 0) is 4.79 Å². The van der Waals surface area contributed by atoms with Gasteiger partial charge in [-0.05, 0) is 44.4 Å². The van der Waals surface area contributed by atoms with E-state index in [1.165, 1.54) is 25.7 Å². The molecule has 4 heteroatoms. The van der Waals surface area contributed by atoms with Gasteiger partial charge in [0.1, 0.15) is 0 Å². The molecule has 1 aliphatic heterocycles. The van der Waals surface area contributed by atoms with E-state index in [4.69, 9.17) is 5.73 Å². The first-order valence-corrected chi connectivity index (χ1v) is 7.27. The summed E-state index contributed by atoms with van der Waals surface area (Å²) in [5.41, 5.74) is 6.05. The van der Waals surface area contributed by atoms with Gasteiger partial charge in [0.15, 0.2) is 0 Å². The van der Waals surface area contributed by atoms with E-state index in [0.717, 1.165) is 25.8 Å². The third-order valence-electron chi connectivity index (χ3n) is 4.57. The Balaban J connectivity index is 0.00000162. The highest BCUT2D eigenvalue weighted by molar-refractivity contribution is 5.85. The number of piperidine rings is 1. The Kier molecular flexibility index (Phi) is 6.44. The summed E-state index contributed by atoms with van der Waals surface area (Å²) in [6, 6.07) is 0.762. The minimum absolute atomic E-state index is 0. The van der Waals surface area contributed by atoms with Crippen LogP contribution in [0.5, 0.6) is 0 Å². The Hall–Kier alpha value is -0.280. The molecule has 0 spiro atoms. The average Bonchev–Trinajstić information content (AvgIpc) is 2.75. The van der Waals surface area contributed by atoms with Gasteiger partial charge in [-0.1, -0.05) is 13.3 Å². The summed E-state index contributed by atoms with van der Waals surface area (Å²) in [7, 11) is 0. The Morgan fingerprint density at radius 1 is 1.22 bits per heavy atom. The standard InChI is InChI=1S/C14H26N2O.ClH/c1-2-12-7-3-4-9-16(12)14(17)10-11-6-5-8-13(11)15;/h11-13H,2-10,15H2,1H3;1H/t11-,12?,13+;/m0./s1. The molecule has 2 N–H and O–H groups in total. The highest BCUT2D eigenvalue weighted by atomic mass is 35.5. The van der Waals surface area contributed by atoms with Gasteiger partial charge in [-0.25, -0.2) is 0 Å². The van der Waals surface area contributed by atoms with Crippen molar-refractivity contribution in [2.24, 2.45) is 11.7 Å². The first-order chi connectivity index (χ1) is 8.22. The van der Waals surface area contributed by atoms with Crippen LogP contribution in [0.15, 0.2) is 0 Å². The van der Waals surface area contributed by atoms with E-state index < -0.39 is 0 Å². The van der Waals surface area contributed by atoms with Gasteiger partial charge in [-0.3, -0.25) is 4.79 Å². The summed E-state index contributed by atoms with van der Waals surface area (Å²) in [5, 5.41) is 0. The van der Waals surface area contributed by atoms with Gasteiger partial charge in [-0.15, -0.1) is 12.4 Å². The van der Waals surface area contributed by atoms with Crippen molar-refractivity contribution in [1.82, 2.24) is 4.90 Å². The molecule has 0 aromatic carbocycles. The molecular weight excluding hydrogens is 248 g/mol. The number of rotatable bonds is 3. The number of hydrogen-bond acceptors (Lipinski definition) is 2. The molecule has 3 nitrogen and oxygen atoms in total. The van der Waals surface area contributed by atoms with Gasteiger partial charge >= 0.3 is 0 Å². The maximum Gasteiger partial charge on any atom is 0.223 e. The van der Waals surface area contributed by atoms with Gasteiger partial charge in [0, 0.05) is 25.0 Å². The van der Waals surface area contributed by atoms with E-state index in [9.17, 15) is 4.79 Å². The molecule has 1 amide bonds. The first-order valence-electron chi connectivity index (χ1n) is 7.27. The molecule has 0 radical (unpaired) electrons. The van der Waals surface area contributed by atoms with Gasteiger partial charge in [0.05, 0.1) is 0 Å². The predicted octanol–water partition coefficient (Wildman–Crippen LogP) is 2.72. The molecule has 2 fully saturated rings. The lowest BCUT2D eigenvalue weighted by Crippen LogP contribution is -2.44. The van der Waals surface area contributed by atoms with Crippen molar-refractivity contribution in [2.75, 3.05) is 6.54 Å². The number of amides is 1. The SMILES string of the molecule is CCC1CCCCN1C(=O)C[C@@H]1CCC[C@H]1N.Cl. The molecule has 1 saturated carbocycles. The van der Waals surface area contributed by atoms with Crippen molar-refractivity contribution in [3.05, 3.63) is 0 Å². The van der Waals surface area contributed by atoms with Crippen molar-refractivity contribution in [3.63, 3.8) is 0 Å². The molecule has 0 bridgehead atoms. The van der Waals surface area contributed by atoms with E-state index in [2.05, 4.69) is 11.8 Å². The number of likely N-dealkylation sites (tertiary alicyclic amines) is 1. The van der Waals surface area contributed by atoms with Crippen LogP contribution in [-0.4, -0.2) is 29.4 Å². The van der Waals surface area contributed by atoms with E-state index in [1.807, 2.05) is 0 Å². The Morgan fingerprint density at radius 2 is 2.00 bits per heavy atom. The van der Waals surface area contributed by atoms with E-state index in [0.29, 0.717) is 24.3 Å². The normalized spacial score (nSPS) is 32.1. The zero-order chi connectivity index (χ0) is 12.3. The molecular formula is C14H27ClN2O. The van der Waals surface area contributed by atoms with Gasteiger partial charge in [-0.2, -0.15) is 0 Å². The summed E-state index contributed by atoms with van der Waals surface area (Å²) in [6.45, 7) is 3.16. The second kappa shape index (κ2) is 7.34. The topological polar surface area (TPSA) is 46.3 Å². The second-order valence-electron chi connectivity index (χ2n) is 5.70.